The summed E-state index contributed by atoms with van der Waals surface area (Å²) < 4.78 is 143. The van der Waals surface area contributed by atoms with Crippen molar-refractivity contribution >= 4 is 86.8 Å². The van der Waals surface area contributed by atoms with Crippen LogP contribution in [0.25, 0.3) is 90.9 Å². The summed E-state index contributed by atoms with van der Waals surface area (Å²) in [7, 11) is -19.2. The molecular weight excluding hydrogens is 1020 g/mol. The van der Waals surface area contributed by atoms with Crippen LogP contribution in [0.5, 0.6) is 0 Å². The topological polar surface area (TPSA) is 286 Å². The molecule has 22 heteroatoms. The summed E-state index contributed by atoms with van der Waals surface area (Å²) in [5, 5.41) is 0. The van der Waals surface area contributed by atoms with Gasteiger partial charge in [0, 0.05) is 44.3 Å². The molecule has 2 aliphatic rings. The second-order valence-electron chi connectivity index (χ2n) is 14.4. The minimum absolute atomic E-state index is 0. The molecule has 0 amide bonds. The van der Waals surface area contributed by atoms with Crippen molar-refractivity contribution in [1.82, 2.24) is 19.9 Å². The van der Waals surface area contributed by atoms with E-state index in [1.165, 1.54) is 97.1 Å². The maximum Gasteiger partial charge on any atom is 2.00 e. The first-order valence-electron chi connectivity index (χ1n) is 18.6. The van der Waals surface area contributed by atoms with Gasteiger partial charge in [0.2, 0.25) is 0 Å². The van der Waals surface area contributed by atoms with Crippen LogP contribution in [-0.4, -0.2) is 71.8 Å². The third kappa shape index (κ3) is 9.40. The van der Waals surface area contributed by atoms with Crippen molar-refractivity contribution in [2.24, 2.45) is 0 Å². The number of rotatable bonds is 8. The van der Waals surface area contributed by atoms with Crippen molar-refractivity contribution in [2.45, 2.75) is 19.6 Å². The van der Waals surface area contributed by atoms with E-state index in [0.29, 0.717) is 89.4 Å². The van der Waals surface area contributed by atoms with Crippen LogP contribution in [0.4, 0.5) is 0 Å². The summed E-state index contributed by atoms with van der Waals surface area (Å²) in [6.07, 6.45) is 6.79. The Kier molecular flexibility index (Phi) is 12.9. The van der Waals surface area contributed by atoms with Crippen molar-refractivity contribution in [3.05, 3.63) is 144 Å². The van der Waals surface area contributed by atoms with Gasteiger partial charge in [-0.2, -0.15) is 0 Å². The van der Waals surface area contributed by atoms with Gasteiger partial charge in [0.15, 0.2) is 0 Å². The second kappa shape index (κ2) is 17.8. The normalized spacial score (nSPS) is 12.7. The van der Waals surface area contributed by atoms with Crippen LogP contribution in [0.2, 0.25) is 0 Å². The van der Waals surface area contributed by atoms with E-state index in [0.717, 1.165) is 0 Å². The van der Waals surface area contributed by atoms with E-state index in [1.807, 2.05) is 0 Å². The molecule has 8 bridgehead atoms. The number of fused-ring (bicyclic) bond motifs is 8. The van der Waals surface area contributed by atoms with Crippen molar-refractivity contribution in [3.8, 4) is 44.5 Å². The monoisotopic (exact) mass is 1040 g/mol. The molecule has 0 spiro atoms. The molecule has 0 atom stereocenters. The third-order valence-corrected chi connectivity index (χ3v) is 13.9. The van der Waals surface area contributed by atoms with E-state index in [-0.39, 0.29) is 34.1 Å². The molecule has 16 nitrogen and oxygen atoms in total. The molecule has 5 heterocycles. The van der Waals surface area contributed by atoms with Gasteiger partial charge in [0.1, 0.15) is 40.5 Å². The smallest absolute Gasteiger partial charge is 0.744 e. The number of benzene rings is 4. The predicted molar refractivity (Wildman–Crippen MR) is 232 cm³/mol. The van der Waals surface area contributed by atoms with Crippen LogP contribution in [0.3, 0.4) is 0 Å². The Hall–Kier alpha value is -5.84. The van der Waals surface area contributed by atoms with E-state index in [1.54, 1.807) is 48.6 Å². The van der Waals surface area contributed by atoms with Crippen molar-refractivity contribution < 1.29 is 86.0 Å². The number of H-pyrrole nitrogens is 2. The molecule has 9 rings (SSSR count). The summed E-state index contributed by atoms with van der Waals surface area (Å²) >= 11 is 0. The molecule has 0 radical (unpaired) electrons. The van der Waals surface area contributed by atoms with Gasteiger partial charge in [-0.15, -0.1) is 0 Å². The Morgan fingerprint density at radius 3 is 0.652 bits per heavy atom. The molecule has 7 aromatic rings. The summed E-state index contributed by atoms with van der Waals surface area (Å²) in [5.74, 6) is 0. The Balaban J connectivity index is 0.00000324. The summed E-state index contributed by atoms with van der Waals surface area (Å²) in [5.41, 5.74) is 6.76. The quantitative estimate of drug-likeness (QED) is 0.115. The van der Waals surface area contributed by atoms with Gasteiger partial charge >= 0.3 is 34.1 Å². The molecule has 0 saturated heterocycles. The SMILES string of the molecule is O=S(=O)([O-])c1ccc(-c2c3nc(c(-c4ccc(S(=O)(=O)[O-])cc4)c4ccc([nH]4)c(-c4ccc(S(=O)(=O)[O-])cc4)c4nc(c(-c5ccc(S(=O)(=O)[O-])cc5)c5ccc2[nH]5)C=C4)C=C3)cc1.[Fe+2].[Fe+2]. The molecule has 0 fully saturated rings. The van der Waals surface area contributed by atoms with Crippen LogP contribution < -0.4 is 0 Å². The van der Waals surface area contributed by atoms with Crippen LogP contribution in [0, 0.1) is 0 Å². The molecule has 334 valence electrons. The van der Waals surface area contributed by atoms with Crippen molar-refractivity contribution in [3.63, 3.8) is 0 Å². The number of aromatic nitrogens is 4. The molecule has 66 heavy (non-hydrogen) atoms. The van der Waals surface area contributed by atoms with Gasteiger partial charge in [0.25, 0.3) is 0 Å². The van der Waals surface area contributed by atoms with E-state index in [2.05, 4.69) is 9.97 Å². The third-order valence-electron chi connectivity index (χ3n) is 10.5. The zero-order valence-corrected chi connectivity index (χ0v) is 38.5. The van der Waals surface area contributed by atoms with E-state index in [4.69, 9.17) is 9.97 Å². The summed E-state index contributed by atoms with van der Waals surface area (Å²) in [6, 6.07) is 27.8. The van der Waals surface area contributed by atoms with Crippen molar-refractivity contribution in [2.75, 3.05) is 0 Å². The Bertz CT molecular complexity index is 3310. The molecule has 0 saturated carbocycles. The number of hydrogen-bond acceptors (Lipinski definition) is 14. The predicted octanol–water partition coefficient (Wildman–Crippen LogP) is 6.94. The fourth-order valence-electron chi connectivity index (χ4n) is 7.57. The Morgan fingerprint density at radius 1 is 0.303 bits per heavy atom. The number of nitrogens with one attached hydrogen (secondary N) is 2. The molecule has 0 unspecified atom stereocenters. The van der Waals surface area contributed by atoms with Crippen LogP contribution in [0.1, 0.15) is 22.8 Å². The van der Waals surface area contributed by atoms with Gasteiger partial charge in [0.05, 0.1) is 42.4 Å². The molecule has 2 N–H and O–H groups in total. The Morgan fingerprint density at radius 2 is 0.485 bits per heavy atom. The number of nitrogens with zero attached hydrogens (tertiary/aromatic N) is 2. The second-order valence-corrected chi connectivity index (χ2v) is 19.9. The van der Waals surface area contributed by atoms with E-state index < -0.39 is 60.1 Å². The first-order valence-corrected chi connectivity index (χ1v) is 24.3. The minimum atomic E-state index is -4.81. The zero-order chi connectivity index (χ0) is 45.3. The van der Waals surface area contributed by atoms with Crippen LogP contribution in [0.15, 0.2) is 141 Å². The molecule has 3 aromatic heterocycles. The van der Waals surface area contributed by atoms with Gasteiger partial charge in [-0.25, -0.2) is 43.6 Å². The van der Waals surface area contributed by atoms with Gasteiger partial charge in [-0.3, -0.25) is 0 Å². The van der Waals surface area contributed by atoms with Crippen molar-refractivity contribution in [1.29, 1.82) is 0 Å². The fourth-order valence-corrected chi connectivity index (χ4v) is 9.45. The zero-order valence-electron chi connectivity index (χ0n) is 33.0. The van der Waals surface area contributed by atoms with Crippen LogP contribution in [-0.2, 0) is 74.6 Å². The maximum absolute atomic E-state index is 11.9. The average molecular weight is 1040 g/mol. The van der Waals surface area contributed by atoms with E-state index in [9.17, 15) is 51.9 Å². The van der Waals surface area contributed by atoms with Gasteiger partial charge in [-0.1, -0.05) is 48.5 Å². The minimum Gasteiger partial charge on any atom is -0.744 e. The van der Waals surface area contributed by atoms with Gasteiger partial charge in [-0.05, 0) is 119 Å². The molecular formula is C44H26Fe2N4O12S4. The fraction of sp³-hybridized carbons (Fsp3) is 0. The summed E-state index contributed by atoms with van der Waals surface area (Å²) in [4.78, 5) is 15.0. The molecule has 0 aliphatic carbocycles. The van der Waals surface area contributed by atoms with Gasteiger partial charge < -0.3 is 28.2 Å². The van der Waals surface area contributed by atoms with E-state index >= 15 is 0 Å². The molecule has 4 aromatic carbocycles. The first-order chi connectivity index (χ1) is 30.2. The first kappa shape index (κ1) is 48.1. The maximum atomic E-state index is 11.9. The summed E-state index contributed by atoms with van der Waals surface area (Å²) in [6.45, 7) is 0. The standard InChI is InChI=1S/C44H30N4O12S4.2Fe/c49-61(50,51)29-9-1-25(2-10-29)41-33-17-19-35(45-33)42(26-3-11-30(12-4-26)62(52,53)54)37-21-23-39(47-37)44(28-7-15-32(16-8-28)64(58,59)60)40-24-22-38(48-40)43(36-20-18-34(41)46-36)27-5-13-31(14-6-27)63(55,56)57;;/h1-24,45,48H,(H,49,50,51)(H,52,53,54)(H,55,56,57)(H,58,59,60);;/q;2*+2/p-4. The van der Waals surface area contributed by atoms with Crippen LogP contribution >= 0.6 is 0 Å². The largest absolute Gasteiger partial charge is 2.00 e. The number of aromatic amines is 2. The number of hydrogen-bond donors (Lipinski definition) is 2. The average Bonchev–Trinajstić information content (AvgIpc) is 4.08. The molecule has 2 aliphatic heterocycles. The Labute approximate surface area is 398 Å².